The second kappa shape index (κ2) is 14.0. The third-order valence-electron chi connectivity index (χ3n) is 6.74. The van der Waals surface area contributed by atoms with Gasteiger partial charge in [0.05, 0.1) is 6.54 Å². The molecule has 7 heteroatoms. The number of nitrogens with zero attached hydrogens (tertiary/aromatic N) is 2. The van der Waals surface area contributed by atoms with Gasteiger partial charge in [0.15, 0.2) is 5.96 Å². The van der Waals surface area contributed by atoms with Crippen molar-refractivity contribution in [3.05, 3.63) is 35.4 Å². The Morgan fingerprint density at radius 3 is 2.38 bits per heavy atom. The molecule has 180 valence electrons. The first kappa shape index (κ1) is 26.9. The van der Waals surface area contributed by atoms with Crippen LogP contribution in [0.3, 0.4) is 0 Å². The maximum Gasteiger partial charge on any atom is 0.253 e. The molecule has 0 spiro atoms. The van der Waals surface area contributed by atoms with Gasteiger partial charge in [0.2, 0.25) is 0 Å². The number of guanidine groups is 1. The largest absolute Gasteiger partial charge is 0.385 e. The van der Waals surface area contributed by atoms with Crippen molar-refractivity contribution < 1.29 is 9.53 Å². The number of likely N-dealkylation sites (tertiary alicyclic amines) is 1. The third kappa shape index (κ3) is 7.90. The van der Waals surface area contributed by atoms with E-state index in [0.29, 0.717) is 12.0 Å². The number of carbonyl (C=O) groups excluding carboxylic acids is 1. The Labute approximate surface area is 211 Å². The summed E-state index contributed by atoms with van der Waals surface area (Å²) in [5.74, 6) is 1.02. The number of hydrogen-bond acceptors (Lipinski definition) is 3. The first-order valence-electron chi connectivity index (χ1n) is 12.1. The molecule has 0 radical (unpaired) electrons. The van der Waals surface area contributed by atoms with E-state index in [-0.39, 0.29) is 29.9 Å². The molecule has 2 N–H and O–H groups in total. The molecule has 2 aliphatic rings. The number of aliphatic imine (C=N–C) groups is 1. The lowest BCUT2D eigenvalue weighted by molar-refractivity contribution is 0.0724. The van der Waals surface area contributed by atoms with Gasteiger partial charge in [-0.15, -0.1) is 24.0 Å². The molecule has 1 aromatic carbocycles. The zero-order valence-electron chi connectivity index (χ0n) is 19.8. The van der Waals surface area contributed by atoms with Crippen molar-refractivity contribution in [1.82, 2.24) is 15.5 Å². The number of rotatable bonds is 9. The molecule has 0 atom stereocenters. The summed E-state index contributed by atoms with van der Waals surface area (Å²) in [5.41, 5.74) is 2.21. The molecule has 3 rings (SSSR count). The van der Waals surface area contributed by atoms with Crippen LogP contribution in [0.25, 0.3) is 0 Å². The molecule has 6 nitrogen and oxygen atoms in total. The van der Waals surface area contributed by atoms with Crippen LogP contribution in [0.4, 0.5) is 0 Å². The van der Waals surface area contributed by atoms with Crippen LogP contribution in [0, 0.1) is 5.41 Å². The minimum atomic E-state index is 0. The Morgan fingerprint density at radius 1 is 1.06 bits per heavy atom. The second-order valence-electron chi connectivity index (χ2n) is 9.05. The highest BCUT2D eigenvalue weighted by molar-refractivity contribution is 14.0. The standard InChI is InChI=1S/C25H40N4O2.HI/c1-3-26-24(28-20-25(15-18-31-2)13-5-6-14-25)27-19-21-9-11-22(12-10-21)23(30)29-16-7-4-8-17-29;/h9-12H,3-8,13-20H2,1-2H3,(H2,26,27,28);1H. The van der Waals surface area contributed by atoms with Gasteiger partial charge in [0.1, 0.15) is 0 Å². The Hall–Kier alpha value is -1.35. The van der Waals surface area contributed by atoms with Gasteiger partial charge in [0.25, 0.3) is 5.91 Å². The van der Waals surface area contributed by atoms with Crippen molar-refractivity contribution in [2.45, 2.75) is 64.8 Å². The van der Waals surface area contributed by atoms with Gasteiger partial charge in [-0.3, -0.25) is 4.79 Å². The van der Waals surface area contributed by atoms with Crippen molar-refractivity contribution >= 4 is 35.8 Å². The van der Waals surface area contributed by atoms with Crippen LogP contribution in [0.1, 0.15) is 74.2 Å². The van der Waals surface area contributed by atoms with Crippen LogP contribution in [0.2, 0.25) is 0 Å². The number of hydrogen-bond donors (Lipinski definition) is 2. The molecule has 1 aromatic rings. The lowest BCUT2D eigenvalue weighted by atomic mass is 9.83. The van der Waals surface area contributed by atoms with Crippen molar-refractivity contribution in [2.75, 3.05) is 39.9 Å². The first-order valence-corrected chi connectivity index (χ1v) is 12.1. The highest BCUT2D eigenvalue weighted by atomic mass is 127. The number of methoxy groups -OCH3 is 1. The van der Waals surface area contributed by atoms with E-state index in [2.05, 4.69) is 17.6 Å². The third-order valence-corrected chi connectivity index (χ3v) is 6.74. The van der Waals surface area contributed by atoms with Crippen LogP contribution < -0.4 is 10.6 Å². The zero-order chi connectivity index (χ0) is 21.9. The Bertz CT molecular complexity index is 711. The predicted octanol–water partition coefficient (Wildman–Crippen LogP) is 4.58. The van der Waals surface area contributed by atoms with Crippen LogP contribution in [-0.4, -0.2) is 56.7 Å². The quantitative estimate of drug-likeness (QED) is 0.266. The average Bonchev–Trinajstić information content (AvgIpc) is 3.29. The fraction of sp³-hybridized carbons (Fsp3) is 0.680. The summed E-state index contributed by atoms with van der Waals surface area (Å²) in [6, 6.07) is 7.95. The van der Waals surface area contributed by atoms with Gasteiger partial charge in [-0.2, -0.15) is 0 Å². The van der Waals surface area contributed by atoms with Crippen LogP contribution in [0.15, 0.2) is 29.3 Å². The summed E-state index contributed by atoms with van der Waals surface area (Å²) in [6.45, 7) is 7.04. The molecule has 2 fully saturated rings. The van der Waals surface area contributed by atoms with Gasteiger partial charge in [-0.25, -0.2) is 4.99 Å². The topological polar surface area (TPSA) is 66.0 Å². The maximum absolute atomic E-state index is 12.6. The molecule has 1 saturated heterocycles. The van der Waals surface area contributed by atoms with E-state index < -0.39 is 0 Å². The van der Waals surface area contributed by atoms with E-state index in [1.54, 1.807) is 7.11 Å². The molecule has 1 saturated carbocycles. The van der Waals surface area contributed by atoms with Crippen LogP contribution >= 0.6 is 24.0 Å². The van der Waals surface area contributed by atoms with E-state index in [9.17, 15) is 4.79 Å². The second-order valence-corrected chi connectivity index (χ2v) is 9.05. The van der Waals surface area contributed by atoms with Crippen molar-refractivity contribution in [3.63, 3.8) is 0 Å². The van der Waals surface area contributed by atoms with Gasteiger partial charge in [-0.05, 0) is 68.6 Å². The smallest absolute Gasteiger partial charge is 0.253 e. The molecule has 0 bridgehead atoms. The number of benzene rings is 1. The fourth-order valence-electron chi connectivity index (χ4n) is 4.77. The summed E-state index contributed by atoms with van der Waals surface area (Å²) in [7, 11) is 1.78. The number of amides is 1. The highest BCUT2D eigenvalue weighted by Gasteiger charge is 2.33. The van der Waals surface area contributed by atoms with Gasteiger partial charge < -0.3 is 20.3 Å². The van der Waals surface area contributed by atoms with E-state index in [1.165, 1.54) is 32.1 Å². The normalized spacial score (nSPS) is 18.2. The van der Waals surface area contributed by atoms with Gasteiger partial charge in [-0.1, -0.05) is 25.0 Å². The number of nitrogens with one attached hydrogen (secondary N) is 2. The summed E-state index contributed by atoms with van der Waals surface area (Å²) in [5, 5.41) is 6.95. The number of halogens is 1. The zero-order valence-corrected chi connectivity index (χ0v) is 22.2. The summed E-state index contributed by atoms with van der Waals surface area (Å²) >= 11 is 0. The summed E-state index contributed by atoms with van der Waals surface area (Å²) < 4.78 is 5.35. The maximum atomic E-state index is 12.6. The monoisotopic (exact) mass is 556 g/mol. The molecule has 1 heterocycles. The van der Waals surface area contributed by atoms with E-state index in [0.717, 1.165) is 69.1 Å². The molecular weight excluding hydrogens is 515 g/mol. The van der Waals surface area contributed by atoms with Crippen LogP contribution in [-0.2, 0) is 11.3 Å². The lowest BCUT2D eigenvalue weighted by Gasteiger charge is -2.30. The first-order chi connectivity index (χ1) is 15.2. The number of piperidine rings is 1. The predicted molar refractivity (Wildman–Crippen MR) is 142 cm³/mol. The number of carbonyl (C=O) groups is 1. The van der Waals surface area contributed by atoms with Crippen molar-refractivity contribution in [3.8, 4) is 0 Å². The number of ether oxygens (including phenoxy) is 1. The van der Waals surface area contributed by atoms with E-state index in [4.69, 9.17) is 9.73 Å². The van der Waals surface area contributed by atoms with Crippen LogP contribution in [0.5, 0.6) is 0 Å². The Kier molecular flexibility index (Phi) is 11.8. The SMILES string of the molecule is CCNC(=NCc1ccc(C(=O)N2CCCCC2)cc1)NCC1(CCOC)CCCC1.I. The van der Waals surface area contributed by atoms with Crippen molar-refractivity contribution in [1.29, 1.82) is 0 Å². The molecule has 1 aliphatic carbocycles. The molecule has 0 unspecified atom stereocenters. The van der Waals surface area contributed by atoms with Gasteiger partial charge in [0, 0.05) is 45.5 Å². The lowest BCUT2D eigenvalue weighted by Crippen LogP contribution is -2.43. The molecule has 1 amide bonds. The molecular formula is C25H41IN4O2. The molecule has 1 aliphatic heterocycles. The van der Waals surface area contributed by atoms with E-state index >= 15 is 0 Å². The Balaban J connectivity index is 0.00000363. The summed E-state index contributed by atoms with van der Waals surface area (Å²) in [4.78, 5) is 19.4. The van der Waals surface area contributed by atoms with E-state index in [1.807, 2.05) is 29.2 Å². The molecule has 0 aromatic heterocycles. The fourth-order valence-corrected chi connectivity index (χ4v) is 4.77. The summed E-state index contributed by atoms with van der Waals surface area (Å²) in [6.07, 6.45) is 9.70. The van der Waals surface area contributed by atoms with Gasteiger partial charge >= 0.3 is 0 Å². The molecule has 32 heavy (non-hydrogen) atoms. The Morgan fingerprint density at radius 2 is 1.75 bits per heavy atom. The minimum Gasteiger partial charge on any atom is -0.385 e. The van der Waals surface area contributed by atoms with Crippen molar-refractivity contribution in [2.24, 2.45) is 10.4 Å². The minimum absolute atomic E-state index is 0. The highest BCUT2D eigenvalue weighted by Crippen LogP contribution is 2.40. The average molecular weight is 557 g/mol.